The first-order chi connectivity index (χ1) is 21.6. The molecule has 2 aliphatic carbocycles. The average molecular weight is 563 g/mol. The monoisotopic (exact) mass is 562 g/mol. The second-order valence-corrected chi connectivity index (χ2v) is 12.6. The predicted molar refractivity (Wildman–Crippen MR) is 182 cm³/mol. The molecule has 0 saturated heterocycles. The lowest BCUT2D eigenvalue weighted by Crippen LogP contribution is -2.14. The van der Waals surface area contributed by atoms with Crippen molar-refractivity contribution >= 4 is 10.9 Å². The van der Waals surface area contributed by atoms with Gasteiger partial charge in [0.25, 0.3) is 0 Å². The molecular formula is C42H30N2. The van der Waals surface area contributed by atoms with E-state index in [0.717, 1.165) is 40.0 Å². The molecule has 0 spiro atoms. The molecule has 6 aromatic carbocycles. The Labute approximate surface area is 257 Å². The predicted octanol–water partition coefficient (Wildman–Crippen LogP) is 10.5. The van der Waals surface area contributed by atoms with Crippen LogP contribution in [-0.2, 0) is 11.8 Å². The molecular weight excluding hydrogens is 532 g/mol. The summed E-state index contributed by atoms with van der Waals surface area (Å²) in [4.78, 5) is 10.3. The molecule has 44 heavy (non-hydrogen) atoms. The van der Waals surface area contributed by atoms with Crippen LogP contribution in [0.2, 0.25) is 0 Å². The van der Waals surface area contributed by atoms with Crippen LogP contribution in [-0.4, -0.2) is 9.97 Å². The van der Waals surface area contributed by atoms with Crippen LogP contribution in [0, 0.1) is 0 Å². The summed E-state index contributed by atoms with van der Waals surface area (Å²) >= 11 is 0. The van der Waals surface area contributed by atoms with Gasteiger partial charge in [-0.2, -0.15) is 0 Å². The lowest BCUT2D eigenvalue weighted by atomic mass is 9.81. The summed E-state index contributed by atoms with van der Waals surface area (Å²) in [6, 6.07) is 48.1. The highest BCUT2D eigenvalue weighted by Crippen LogP contribution is 2.51. The van der Waals surface area contributed by atoms with Crippen molar-refractivity contribution in [2.75, 3.05) is 0 Å². The fourth-order valence-electron chi connectivity index (χ4n) is 7.60. The molecule has 1 heterocycles. The first-order valence-electron chi connectivity index (χ1n) is 15.4. The van der Waals surface area contributed by atoms with Crippen LogP contribution in [0.4, 0.5) is 0 Å². The van der Waals surface area contributed by atoms with E-state index in [0.29, 0.717) is 0 Å². The molecule has 0 atom stereocenters. The Balaban J connectivity index is 1.18. The Kier molecular flexibility index (Phi) is 5.34. The van der Waals surface area contributed by atoms with Crippen molar-refractivity contribution in [1.82, 2.24) is 9.97 Å². The molecule has 0 unspecified atom stereocenters. The van der Waals surface area contributed by atoms with Gasteiger partial charge >= 0.3 is 0 Å². The van der Waals surface area contributed by atoms with Gasteiger partial charge in [-0.15, -0.1) is 0 Å². The second kappa shape index (κ2) is 9.33. The summed E-state index contributed by atoms with van der Waals surface area (Å²) in [6.07, 6.45) is 0.856. The zero-order valence-corrected chi connectivity index (χ0v) is 24.8. The van der Waals surface area contributed by atoms with Crippen LogP contribution in [0.15, 0.2) is 133 Å². The van der Waals surface area contributed by atoms with Crippen LogP contribution in [0.5, 0.6) is 0 Å². The highest BCUT2D eigenvalue weighted by molar-refractivity contribution is 5.95. The minimum atomic E-state index is -0.0279. The molecule has 2 nitrogen and oxygen atoms in total. The minimum Gasteiger partial charge on any atom is -0.228 e. The van der Waals surface area contributed by atoms with Crippen LogP contribution < -0.4 is 0 Å². The number of fused-ring (bicyclic) bond motifs is 7. The first-order valence-corrected chi connectivity index (χ1v) is 15.4. The molecule has 208 valence electrons. The van der Waals surface area contributed by atoms with Crippen LogP contribution in [0.25, 0.3) is 66.9 Å². The number of rotatable bonds is 3. The van der Waals surface area contributed by atoms with Gasteiger partial charge in [0.2, 0.25) is 0 Å². The highest BCUT2D eigenvalue weighted by Gasteiger charge is 2.35. The maximum atomic E-state index is 5.23. The third kappa shape index (κ3) is 3.61. The van der Waals surface area contributed by atoms with Gasteiger partial charge in [-0.3, -0.25) is 0 Å². The van der Waals surface area contributed by atoms with E-state index < -0.39 is 0 Å². The Morgan fingerprint density at radius 2 is 1.11 bits per heavy atom. The number of hydrogen-bond donors (Lipinski definition) is 0. The molecule has 0 saturated carbocycles. The van der Waals surface area contributed by atoms with E-state index in [1.54, 1.807) is 0 Å². The summed E-state index contributed by atoms with van der Waals surface area (Å²) in [5.41, 5.74) is 17.5. The van der Waals surface area contributed by atoms with E-state index in [2.05, 4.69) is 141 Å². The van der Waals surface area contributed by atoms with Gasteiger partial charge in [0, 0.05) is 28.3 Å². The molecule has 9 rings (SSSR count). The van der Waals surface area contributed by atoms with Gasteiger partial charge in [0.15, 0.2) is 5.82 Å². The van der Waals surface area contributed by atoms with E-state index in [1.165, 1.54) is 55.6 Å². The van der Waals surface area contributed by atoms with E-state index in [-0.39, 0.29) is 5.41 Å². The third-order valence-electron chi connectivity index (χ3n) is 9.78. The third-order valence-corrected chi connectivity index (χ3v) is 9.78. The van der Waals surface area contributed by atoms with E-state index in [4.69, 9.17) is 9.97 Å². The zero-order valence-electron chi connectivity index (χ0n) is 24.8. The molecule has 0 aliphatic heterocycles. The van der Waals surface area contributed by atoms with Gasteiger partial charge in [-0.1, -0.05) is 135 Å². The summed E-state index contributed by atoms with van der Waals surface area (Å²) in [6.45, 7) is 4.71. The normalized spacial score (nSPS) is 13.8. The average Bonchev–Trinajstić information content (AvgIpc) is 3.57. The van der Waals surface area contributed by atoms with Crippen LogP contribution in [0.3, 0.4) is 0 Å². The zero-order chi connectivity index (χ0) is 29.4. The standard InChI is InChI=1S/C42H30N2/c1-42(2)37-20-8-6-14-31(37)32-23-22-27(24-38(32)42)28-16-10-17-29-30-18-11-19-33(36(30)25-35(28)29)41-43-39-21-9-7-15-34(39)40(44-41)26-12-4-3-5-13-26/h3-24H,25H2,1-2H3. The number of aromatic nitrogens is 2. The van der Waals surface area contributed by atoms with Crippen molar-refractivity contribution < 1.29 is 0 Å². The molecule has 0 N–H and O–H groups in total. The van der Waals surface area contributed by atoms with Gasteiger partial charge in [0.05, 0.1) is 11.2 Å². The maximum Gasteiger partial charge on any atom is 0.160 e. The topological polar surface area (TPSA) is 25.8 Å². The smallest absolute Gasteiger partial charge is 0.160 e. The molecule has 2 heteroatoms. The van der Waals surface area contributed by atoms with Crippen molar-refractivity contribution in [2.45, 2.75) is 25.7 Å². The minimum absolute atomic E-state index is 0.0279. The lowest BCUT2D eigenvalue weighted by Gasteiger charge is -2.22. The lowest BCUT2D eigenvalue weighted by molar-refractivity contribution is 0.660. The molecule has 0 bridgehead atoms. The highest BCUT2D eigenvalue weighted by atomic mass is 14.9. The Bertz CT molecular complexity index is 2280. The largest absolute Gasteiger partial charge is 0.228 e. The summed E-state index contributed by atoms with van der Waals surface area (Å²) < 4.78 is 0. The number of benzene rings is 6. The van der Waals surface area contributed by atoms with Crippen molar-refractivity contribution in [3.63, 3.8) is 0 Å². The summed E-state index contributed by atoms with van der Waals surface area (Å²) in [5.74, 6) is 0.783. The summed E-state index contributed by atoms with van der Waals surface area (Å²) in [7, 11) is 0. The first kappa shape index (κ1) is 25.2. The van der Waals surface area contributed by atoms with Crippen molar-refractivity contribution in [3.8, 4) is 56.0 Å². The van der Waals surface area contributed by atoms with E-state index in [9.17, 15) is 0 Å². The maximum absolute atomic E-state index is 5.23. The van der Waals surface area contributed by atoms with Gasteiger partial charge in [-0.25, -0.2) is 9.97 Å². The fraction of sp³-hybridized carbons (Fsp3) is 0.0952. The van der Waals surface area contributed by atoms with Gasteiger partial charge in [0.1, 0.15) is 0 Å². The van der Waals surface area contributed by atoms with E-state index >= 15 is 0 Å². The molecule has 0 fully saturated rings. The Morgan fingerprint density at radius 3 is 1.95 bits per heavy atom. The quantitative estimate of drug-likeness (QED) is 0.214. The van der Waals surface area contributed by atoms with Crippen LogP contribution in [0.1, 0.15) is 36.1 Å². The van der Waals surface area contributed by atoms with Gasteiger partial charge in [-0.05, 0) is 67.8 Å². The van der Waals surface area contributed by atoms with Crippen molar-refractivity contribution in [1.29, 1.82) is 0 Å². The SMILES string of the molecule is CC1(C)c2ccccc2-c2ccc(-c3cccc4c3Cc3c(-c5nc(-c6ccccc6)c6ccccc6n5)cccc3-4)cc21. The molecule has 0 amide bonds. The Hall–Kier alpha value is -5.34. The van der Waals surface area contributed by atoms with Crippen molar-refractivity contribution in [3.05, 3.63) is 156 Å². The van der Waals surface area contributed by atoms with Gasteiger partial charge < -0.3 is 0 Å². The Morgan fingerprint density at radius 1 is 0.477 bits per heavy atom. The van der Waals surface area contributed by atoms with Crippen molar-refractivity contribution in [2.24, 2.45) is 0 Å². The molecule has 7 aromatic rings. The number of para-hydroxylation sites is 1. The summed E-state index contributed by atoms with van der Waals surface area (Å²) in [5, 5.41) is 1.07. The molecule has 1 aromatic heterocycles. The molecule has 2 aliphatic rings. The van der Waals surface area contributed by atoms with E-state index in [1.807, 2.05) is 6.07 Å². The number of hydrogen-bond acceptors (Lipinski definition) is 2. The molecule has 0 radical (unpaired) electrons. The fourth-order valence-corrected chi connectivity index (χ4v) is 7.60. The van der Waals surface area contributed by atoms with Crippen LogP contribution >= 0.6 is 0 Å². The number of nitrogens with zero attached hydrogens (tertiary/aromatic N) is 2. The second-order valence-electron chi connectivity index (χ2n) is 12.6.